The van der Waals surface area contributed by atoms with Crippen molar-refractivity contribution in [3.63, 3.8) is 0 Å². The first-order valence-electron chi connectivity index (χ1n) is 8.64. The first kappa shape index (κ1) is 17.4. The Bertz CT molecular complexity index is 662. The van der Waals surface area contributed by atoms with E-state index < -0.39 is 0 Å². The number of halogens is 1. The lowest BCUT2D eigenvalue weighted by molar-refractivity contribution is -0.134. The molecule has 134 valence electrons. The lowest BCUT2D eigenvalue weighted by atomic mass is 10.0. The molecule has 0 aliphatic carbocycles. The van der Waals surface area contributed by atoms with Crippen molar-refractivity contribution in [1.82, 2.24) is 20.7 Å². The van der Waals surface area contributed by atoms with Crippen LogP contribution in [-0.4, -0.2) is 40.9 Å². The highest BCUT2D eigenvalue weighted by molar-refractivity contribution is 5.85. The third-order valence-electron chi connectivity index (χ3n) is 4.50. The zero-order valence-corrected chi connectivity index (χ0v) is 14.2. The lowest BCUT2D eigenvalue weighted by Crippen LogP contribution is -2.48. The largest absolute Gasteiger partial charge is 0.356 e. The minimum Gasteiger partial charge on any atom is -0.356 e. The van der Waals surface area contributed by atoms with Gasteiger partial charge in [-0.1, -0.05) is 19.1 Å². The van der Waals surface area contributed by atoms with Crippen molar-refractivity contribution in [3.8, 4) is 0 Å². The van der Waals surface area contributed by atoms with Crippen LogP contribution in [0.5, 0.6) is 0 Å². The molecule has 3 rings (SSSR count). The second-order valence-electron chi connectivity index (χ2n) is 6.32. The van der Waals surface area contributed by atoms with Gasteiger partial charge in [-0.2, -0.15) is 0 Å². The number of benzene rings is 1. The van der Waals surface area contributed by atoms with E-state index in [1.165, 1.54) is 12.1 Å². The Balaban J connectivity index is 1.58. The molecule has 1 fully saturated rings. The van der Waals surface area contributed by atoms with Gasteiger partial charge in [0, 0.05) is 31.9 Å². The monoisotopic (exact) mass is 346 g/mol. The van der Waals surface area contributed by atoms with Crippen LogP contribution in [0.25, 0.3) is 0 Å². The van der Waals surface area contributed by atoms with Crippen LogP contribution < -0.4 is 10.7 Å². The smallest absolute Gasteiger partial charge is 0.250 e. The Morgan fingerprint density at radius 3 is 2.80 bits per heavy atom. The summed E-state index contributed by atoms with van der Waals surface area (Å²) in [5.74, 6) is -0.343. The van der Waals surface area contributed by atoms with Gasteiger partial charge in [0.2, 0.25) is 5.91 Å². The van der Waals surface area contributed by atoms with Gasteiger partial charge in [0.05, 0.1) is 6.04 Å². The third-order valence-corrected chi connectivity index (χ3v) is 4.50. The summed E-state index contributed by atoms with van der Waals surface area (Å²) in [4.78, 5) is 26.0. The highest BCUT2D eigenvalue weighted by atomic mass is 19.1. The molecular formula is C18H23FN4O2. The van der Waals surface area contributed by atoms with Crippen molar-refractivity contribution < 1.29 is 14.0 Å². The van der Waals surface area contributed by atoms with E-state index in [2.05, 4.69) is 10.7 Å². The van der Waals surface area contributed by atoms with E-state index in [0.717, 1.165) is 12.0 Å². The number of hydrogen-bond donors (Lipinski definition) is 2. The standard InChI is InChI=1S/C18H23FN4O2/c1-2-8-20-17(24)7-9-22-10-11-23-16(18(22)25)12-15(21-23)13-3-5-14(19)6-4-13/h3-6,10-11,15-16,21H,2,7-9,12H2,1H3,(H,20,24). The molecule has 0 aromatic heterocycles. The maximum absolute atomic E-state index is 13.1. The molecule has 2 unspecified atom stereocenters. The third kappa shape index (κ3) is 3.99. The number of nitrogens with zero attached hydrogens (tertiary/aromatic N) is 2. The van der Waals surface area contributed by atoms with Gasteiger partial charge in [-0.25, -0.2) is 9.82 Å². The van der Waals surface area contributed by atoms with Crippen LogP contribution in [0.3, 0.4) is 0 Å². The first-order chi connectivity index (χ1) is 12.1. The number of rotatable bonds is 6. The summed E-state index contributed by atoms with van der Waals surface area (Å²) < 4.78 is 13.1. The van der Waals surface area contributed by atoms with Gasteiger partial charge in [0.25, 0.3) is 5.91 Å². The summed E-state index contributed by atoms with van der Waals surface area (Å²) in [5.41, 5.74) is 4.22. The summed E-state index contributed by atoms with van der Waals surface area (Å²) in [6.07, 6.45) is 5.30. The predicted octanol–water partition coefficient (Wildman–Crippen LogP) is 1.68. The number of carbonyl (C=O) groups is 2. The zero-order chi connectivity index (χ0) is 17.8. The van der Waals surface area contributed by atoms with Crippen molar-refractivity contribution in [2.24, 2.45) is 0 Å². The van der Waals surface area contributed by atoms with Crippen molar-refractivity contribution in [2.75, 3.05) is 13.1 Å². The van der Waals surface area contributed by atoms with E-state index >= 15 is 0 Å². The first-order valence-corrected chi connectivity index (χ1v) is 8.64. The molecule has 0 bridgehead atoms. The molecule has 2 N–H and O–H groups in total. The molecule has 6 nitrogen and oxygen atoms in total. The molecule has 1 aromatic rings. The van der Waals surface area contributed by atoms with Crippen molar-refractivity contribution >= 4 is 11.8 Å². The molecule has 2 aliphatic rings. The molecular weight excluding hydrogens is 323 g/mol. The molecule has 1 saturated heterocycles. The predicted molar refractivity (Wildman–Crippen MR) is 91.3 cm³/mol. The summed E-state index contributed by atoms with van der Waals surface area (Å²) >= 11 is 0. The normalized spacial score (nSPS) is 22.2. The Hall–Kier alpha value is -2.41. The molecule has 0 saturated carbocycles. The second-order valence-corrected chi connectivity index (χ2v) is 6.32. The Morgan fingerprint density at radius 1 is 1.32 bits per heavy atom. The lowest BCUT2D eigenvalue weighted by Gasteiger charge is -2.31. The highest BCUT2D eigenvalue weighted by Gasteiger charge is 2.39. The second kappa shape index (κ2) is 7.65. The van der Waals surface area contributed by atoms with Gasteiger partial charge in [0.1, 0.15) is 11.9 Å². The summed E-state index contributed by atoms with van der Waals surface area (Å²) in [6.45, 7) is 3.02. The van der Waals surface area contributed by atoms with Crippen molar-refractivity contribution in [1.29, 1.82) is 0 Å². The Kier molecular flexibility index (Phi) is 5.33. The SMILES string of the molecule is CCCNC(=O)CCN1C=CN2NC(c3ccc(F)cc3)CC2C1=O. The van der Waals surface area contributed by atoms with E-state index in [0.29, 0.717) is 19.5 Å². The zero-order valence-electron chi connectivity index (χ0n) is 14.2. The van der Waals surface area contributed by atoms with Gasteiger partial charge in [-0.05, 0) is 30.5 Å². The summed E-state index contributed by atoms with van der Waals surface area (Å²) in [6, 6.07) is 5.97. The van der Waals surface area contributed by atoms with E-state index in [1.807, 2.05) is 13.1 Å². The van der Waals surface area contributed by atoms with Crippen molar-refractivity contribution in [2.45, 2.75) is 38.3 Å². The fraction of sp³-hybridized carbons (Fsp3) is 0.444. The maximum Gasteiger partial charge on any atom is 0.250 e. The topological polar surface area (TPSA) is 64.7 Å². The number of nitrogens with one attached hydrogen (secondary N) is 2. The van der Waals surface area contributed by atoms with E-state index in [4.69, 9.17) is 0 Å². The average molecular weight is 346 g/mol. The van der Waals surface area contributed by atoms with Crippen LogP contribution in [0.1, 0.15) is 37.8 Å². The minimum atomic E-state index is -0.307. The molecule has 2 amide bonds. The van der Waals surface area contributed by atoms with Gasteiger partial charge in [-0.3, -0.25) is 9.59 Å². The van der Waals surface area contributed by atoms with Crippen LogP contribution in [0.4, 0.5) is 4.39 Å². The Labute approximate surface area is 146 Å². The summed E-state index contributed by atoms with van der Waals surface area (Å²) in [7, 11) is 0. The number of fused-ring (bicyclic) bond motifs is 1. The van der Waals surface area contributed by atoms with Gasteiger partial charge < -0.3 is 15.2 Å². The van der Waals surface area contributed by atoms with Crippen LogP contribution in [0, 0.1) is 5.82 Å². The fourth-order valence-corrected chi connectivity index (χ4v) is 3.11. The Morgan fingerprint density at radius 2 is 2.08 bits per heavy atom. The number of hydrogen-bond acceptors (Lipinski definition) is 4. The number of hydrazine groups is 1. The molecule has 1 aromatic carbocycles. The quantitative estimate of drug-likeness (QED) is 0.823. The van der Waals surface area contributed by atoms with Crippen molar-refractivity contribution in [3.05, 3.63) is 48.0 Å². The highest BCUT2D eigenvalue weighted by Crippen LogP contribution is 2.30. The van der Waals surface area contributed by atoms with E-state index in [1.54, 1.807) is 28.2 Å². The van der Waals surface area contributed by atoms with Crippen LogP contribution in [-0.2, 0) is 9.59 Å². The van der Waals surface area contributed by atoms with E-state index in [-0.39, 0.29) is 36.1 Å². The van der Waals surface area contributed by atoms with Crippen LogP contribution in [0.15, 0.2) is 36.7 Å². The molecule has 7 heteroatoms. The van der Waals surface area contributed by atoms with Gasteiger partial charge >= 0.3 is 0 Å². The maximum atomic E-state index is 13.1. The van der Waals surface area contributed by atoms with Gasteiger partial charge in [-0.15, -0.1) is 0 Å². The molecule has 0 radical (unpaired) electrons. The fourth-order valence-electron chi connectivity index (χ4n) is 3.11. The molecule has 2 aliphatic heterocycles. The molecule has 25 heavy (non-hydrogen) atoms. The van der Waals surface area contributed by atoms with E-state index in [9.17, 15) is 14.0 Å². The van der Waals surface area contributed by atoms with Gasteiger partial charge in [0.15, 0.2) is 0 Å². The minimum absolute atomic E-state index is 0.0251. The molecule has 2 heterocycles. The molecule has 0 spiro atoms. The number of carbonyl (C=O) groups excluding carboxylic acids is 2. The van der Waals surface area contributed by atoms with Crippen LogP contribution >= 0.6 is 0 Å². The average Bonchev–Trinajstić information content (AvgIpc) is 3.05. The summed E-state index contributed by atoms with van der Waals surface area (Å²) in [5, 5.41) is 4.61. The van der Waals surface area contributed by atoms with Crippen LogP contribution in [0.2, 0.25) is 0 Å². The molecule has 2 atom stereocenters. The number of amides is 2.